The molecule has 0 aliphatic heterocycles. The van der Waals surface area contributed by atoms with Gasteiger partial charge in [0.05, 0.1) is 11.1 Å². The highest BCUT2D eigenvalue weighted by Crippen LogP contribution is 2.31. The van der Waals surface area contributed by atoms with E-state index in [0.717, 1.165) is 33.6 Å². The summed E-state index contributed by atoms with van der Waals surface area (Å²) in [6, 6.07) is 63.4. The summed E-state index contributed by atoms with van der Waals surface area (Å²) in [6.45, 7) is 42.7. The minimum atomic E-state index is -2.10. The van der Waals surface area contributed by atoms with Crippen molar-refractivity contribution >= 4 is 0 Å². The number of benzene rings is 6. The lowest BCUT2D eigenvalue weighted by molar-refractivity contribution is -0.667. The van der Waals surface area contributed by atoms with Gasteiger partial charge in [-0.1, -0.05) is 96.1 Å². The normalized spacial score (nSPS) is 11.8. The third-order valence-corrected chi connectivity index (χ3v) is 20.5. The van der Waals surface area contributed by atoms with E-state index >= 15 is 0 Å². The first-order valence-corrected chi connectivity index (χ1v) is 35.8. The largest absolute Gasteiger partial charge is 0.215 e. The second-order valence-electron chi connectivity index (χ2n) is 28.7. The van der Waals surface area contributed by atoms with E-state index in [4.69, 9.17) is 8.22 Å². The first-order valence-electron chi connectivity index (χ1n) is 38.8. The molecule has 0 N–H and O–H groups in total. The van der Waals surface area contributed by atoms with E-state index in [1.54, 1.807) is 22.8 Å². The van der Waals surface area contributed by atoms with Gasteiger partial charge in [-0.2, -0.15) is 27.4 Å². The second kappa shape index (κ2) is 34.7. The van der Waals surface area contributed by atoms with Gasteiger partial charge in [-0.3, -0.25) is 0 Å². The molecular formula is C96H120N6+6. The van der Waals surface area contributed by atoms with E-state index < -0.39 is 13.7 Å². The van der Waals surface area contributed by atoms with Gasteiger partial charge < -0.3 is 0 Å². The summed E-state index contributed by atoms with van der Waals surface area (Å²) in [5.41, 5.74) is 43.5. The first kappa shape index (κ1) is 70.6. The van der Waals surface area contributed by atoms with E-state index in [-0.39, 0.29) is 0 Å². The Morgan fingerprint density at radius 2 is 0.500 bits per heavy atom. The highest BCUT2D eigenvalue weighted by Gasteiger charge is 2.23. The first-order chi connectivity index (χ1) is 50.4. The summed E-state index contributed by atoms with van der Waals surface area (Å²) in [5.74, 6) is 0. The van der Waals surface area contributed by atoms with E-state index in [1.807, 2.05) is 52.2 Å². The van der Waals surface area contributed by atoms with E-state index in [2.05, 4.69) is 329 Å². The molecular weight excluding hydrogens is 1240 g/mol. The molecule has 6 aromatic carbocycles. The van der Waals surface area contributed by atoms with Crippen LogP contribution in [-0.4, -0.2) is 0 Å². The maximum atomic E-state index is 7.68. The van der Waals surface area contributed by atoms with Crippen LogP contribution < -0.4 is 27.4 Å². The molecule has 12 aromatic rings. The SMILES string of the molecule is Cc1cc(C)[n+](C)c(-c2cccc(C)c2C)c1.Cc1ccc(-c2cc(C)cc(C)[n+]2C)c(C)c1.Cc1cccc(C)c1-c1c(C)ccc(C)[n+]1C.Cc1cccc(C)c1-c1c(C)ccc(C)[n+]1C.[2H]C([2H])([2H])c1cc(C)cc(-c2cccc(C)c2C)[n+]1C.[2H]C([2H])([2H])c1ccc(-c2cc(C)cc(C)[n+]2C)c(C)c1. The van der Waals surface area contributed by atoms with Gasteiger partial charge in [0.1, 0.15) is 42.3 Å². The topological polar surface area (TPSA) is 23.3 Å². The molecule has 0 saturated carbocycles. The van der Waals surface area contributed by atoms with Crippen molar-refractivity contribution in [3.05, 3.63) is 316 Å². The quantitative estimate of drug-likeness (QED) is 0.148. The lowest BCUT2D eigenvalue weighted by Gasteiger charge is -2.11. The molecule has 6 nitrogen and oxygen atoms in total. The Morgan fingerprint density at radius 1 is 0.206 bits per heavy atom. The number of aryl methyl sites for hydroxylation is 22. The van der Waals surface area contributed by atoms with E-state index in [1.165, 1.54) is 157 Å². The Labute approximate surface area is 624 Å². The molecule has 0 saturated heterocycles. The van der Waals surface area contributed by atoms with Crippen LogP contribution >= 0.6 is 0 Å². The van der Waals surface area contributed by atoms with Crippen LogP contribution in [0.25, 0.3) is 67.5 Å². The third kappa shape index (κ3) is 19.0. The molecule has 0 radical (unpaired) electrons. The van der Waals surface area contributed by atoms with Crippen molar-refractivity contribution in [1.29, 1.82) is 0 Å². The zero-order valence-electron chi connectivity index (χ0n) is 73.0. The van der Waals surface area contributed by atoms with Crippen molar-refractivity contribution in [1.82, 2.24) is 0 Å². The fourth-order valence-electron chi connectivity index (χ4n) is 13.7. The van der Waals surface area contributed by atoms with Crippen LogP contribution in [0.5, 0.6) is 0 Å². The number of nitrogens with zero attached hydrogens (tertiary/aromatic N) is 6. The van der Waals surface area contributed by atoms with Gasteiger partial charge in [0.2, 0.25) is 34.2 Å². The summed E-state index contributed by atoms with van der Waals surface area (Å²) >= 11 is 0. The Bertz CT molecular complexity index is 5140. The van der Waals surface area contributed by atoms with Crippen LogP contribution in [0.1, 0.15) is 143 Å². The fourth-order valence-corrected chi connectivity index (χ4v) is 13.7. The zero-order valence-corrected chi connectivity index (χ0v) is 67.0. The number of rotatable bonds is 6. The van der Waals surface area contributed by atoms with E-state index in [0.29, 0.717) is 11.3 Å². The van der Waals surface area contributed by atoms with Crippen molar-refractivity contribution in [2.45, 2.75) is 166 Å². The molecule has 6 heterocycles. The molecule has 0 bridgehead atoms. The molecule has 528 valence electrons. The molecule has 6 aromatic heterocycles. The predicted molar refractivity (Wildman–Crippen MR) is 432 cm³/mol. The van der Waals surface area contributed by atoms with Crippen LogP contribution in [0.2, 0.25) is 0 Å². The van der Waals surface area contributed by atoms with Crippen LogP contribution in [-0.2, 0) is 42.3 Å². The van der Waals surface area contributed by atoms with Crippen LogP contribution in [0.3, 0.4) is 0 Å². The number of hydrogen-bond acceptors (Lipinski definition) is 0. The van der Waals surface area contributed by atoms with Crippen molar-refractivity contribution in [3.63, 3.8) is 0 Å². The van der Waals surface area contributed by atoms with Gasteiger partial charge in [-0.05, 0) is 239 Å². The highest BCUT2D eigenvalue weighted by molar-refractivity contribution is 5.70. The summed E-state index contributed by atoms with van der Waals surface area (Å²) in [7, 11) is 12.4. The summed E-state index contributed by atoms with van der Waals surface area (Å²) in [5, 5.41) is 0. The summed E-state index contributed by atoms with van der Waals surface area (Å²) in [4.78, 5) is 0. The molecule has 0 atom stereocenters. The van der Waals surface area contributed by atoms with Crippen molar-refractivity contribution in [3.8, 4) is 67.5 Å². The maximum Gasteiger partial charge on any atom is 0.215 e. The van der Waals surface area contributed by atoms with Gasteiger partial charge in [-0.25, -0.2) is 0 Å². The maximum absolute atomic E-state index is 7.68. The zero-order chi connectivity index (χ0) is 80.5. The Hall–Kier alpha value is -9.78. The highest BCUT2D eigenvalue weighted by atomic mass is 15.0. The Morgan fingerprint density at radius 3 is 0.833 bits per heavy atom. The molecule has 0 aliphatic rings. The van der Waals surface area contributed by atoms with Gasteiger partial charge in [0, 0.05) is 144 Å². The summed E-state index contributed by atoms with van der Waals surface area (Å²) < 4.78 is 58.5. The molecule has 6 heteroatoms. The smallest absolute Gasteiger partial charge is 0.199 e. The molecule has 0 amide bonds. The van der Waals surface area contributed by atoms with Crippen LogP contribution in [0, 0.1) is 166 Å². The fraction of sp³-hybridized carbons (Fsp3) is 0.312. The second-order valence-corrected chi connectivity index (χ2v) is 28.7. The summed E-state index contributed by atoms with van der Waals surface area (Å²) in [6.07, 6.45) is 0. The molecule has 0 unspecified atom stereocenters. The van der Waals surface area contributed by atoms with Crippen molar-refractivity contribution < 1.29 is 35.6 Å². The Balaban J connectivity index is 0.000000181. The van der Waals surface area contributed by atoms with Crippen molar-refractivity contribution in [2.24, 2.45) is 42.3 Å². The minimum absolute atomic E-state index is 0.369. The predicted octanol–water partition coefficient (Wildman–Crippen LogP) is 20.5. The van der Waals surface area contributed by atoms with Gasteiger partial charge in [-0.15, -0.1) is 0 Å². The number of pyridine rings is 6. The molecule has 102 heavy (non-hydrogen) atoms. The molecule has 0 aliphatic carbocycles. The average Bonchev–Trinajstić information content (AvgIpc) is 0.802. The van der Waals surface area contributed by atoms with Gasteiger partial charge in [0.15, 0.2) is 34.2 Å². The van der Waals surface area contributed by atoms with Crippen molar-refractivity contribution in [2.75, 3.05) is 0 Å². The Kier molecular flexibility index (Phi) is 24.1. The molecule has 0 fully saturated rings. The standard InChI is InChI=1S/6C16H20N/c2*1-11-6-7-15(13(3)8-11)16-10-12(2)9-14(4)17(16)5;2*1-11-9-13(3)17(5)16(10-11)15-8-6-7-12(2)14(15)4;2*1-11-7-6-8-12(2)15(11)16-13(3)9-10-14(4)17(16)5/h6*6-10H,1-5H3/q6*+1/i1D3;;3D3;;;. The lowest BCUT2D eigenvalue weighted by atomic mass is 9.96. The molecule has 0 spiro atoms. The third-order valence-electron chi connectivity index (χ3n) is 20.5. The van der Waals surface area contributed by atoms with Gasteiger partial charge >= 0.3 is 0 Å². The van der Waals surface area contributed by atoms with Gasteiger partial charge in [0.25, 0.3) is 0 Å². The van der Waals surface area contributed by atoms with Crippen LogP contribution in [0.15, 0.2) is 182 Å². The monoisotopic (exact) mass is 1360 g/mol. The average molecular weight is 1360 g/mol. The number of hydrogen-bond donors (Lipinski definition) is 0. The lowest BCUT2D eigenvalue weighted by Crippen LogP contribution is -2.35. The van der Waals surface area contributed by atoms with Crippen LogP contribution in [0.4, 0.5) is 0 Å². The minimum Gasteiger partial charge on any atom is -0.199 e. The van der Waals surface area contributed by atoms with E-state index in [9.17, 15) is 0 Å². The number of aromatic nitrogens is 6. The molecule has 12 rings (SSSR count).